The first kappa shape index (κ1) is 7.54. The van der Waals surface area contributed by atoms with Crippen LogP contribution in [-0.2, 0) is 22.3 Å². The number of hydrogen-bond acceptors (Lipinski definition) is 2. The van der Waals surface area contributed by atoms with Crippen molar-refractivity contribution in [3.05, 3.63) is 35.4 Å². The molecule has 0 radical (unpaired) electrons. The summed E-state index contributed by atoms with van der Waals surface area (Å²) in [6.07, 6.45) is 2.21. The van der Waals surface area contributed by atoms with Gasteiger partial charge in [0.25, 0.3) is 0 Å². The predicted molar refractivity (Wildman–Crippen MR) is 48.5 cm³/mol. The molecule has 1 aliphatic heterocycles. The van der Waals surface area contributed by atoms with Gasteiger partial charge in [-0.1, -0.05) is 24.3 Å². The van der Waals surface area contributed by atoms with Crippen molar-refractivity contribution >= 4 is 0 Å². The van der Waals surface area contributed by atoms with E-state index in [4.69, 9.17) is 9.47 Å². The third-order valence-electron chi connectivity index (χ3n) is 3.08. The van der Waals surface area contributed by atoms with Gasteiger partial charge >= 0.3 is 0 Å². The summed E-state index contributed by atoms with van der Waals surface area (Å²) >= 11 is 0. The van der Waals surface area contributed by atoms with Gasteiger partial charge < -0.3 is 9.47 Å². The topological polar surface area (TPSA) is 21.8 Å². The molecule has 2 heteroatoms. The second-order valence-corrected chi connectivity index (χ2v) is 3.77. The molecule has 0 N–H and O–H groups in total. The minimum atomic E-state index is -0.269. The van der Waals surface area contributed by atoms with Gasteiger partial charge in [-0.25, -0.2) is 0 Å². The third kappa shape index (κ3) is 0.960. The first-order chi connectivity index (χ1) is 6.34. The highest BCUT2D eigenvalue weighted by molar-refractivity contribution is 5.34. The molecule has 0 bridgehead atoms. The Kier molecular flexibility index (Phi) is 1.35. The monoisotopic (exact) mass is 176 g/mol. The van der Waals surface area contributed by atoms with Gasteiger partial charge in [0.2, 0.25) is 0 Å². The molecule has 13 heavy (non-hydrogen) atoms. The summed E-state index contributed by atoms with van der Waals surface area (Å²) in [6.45, 7) is 0. The molecule has 0 saturated carbocycles. The predicted octanol–water partition coefficient (Wildman–Crippen LogP) is 1.53. The number of benzene rings is 1. The lowest BCUT2D eigenvalue weighted by atomic mass is 9.90. The summed E-state index contributed by atoms with van der Waals surface area (Å²) in [4.78, 5) is 0. The zero-order chi connectivity index (χ0) is 8.89. The average molecular weight is 176 g/mol. The summed E-state index contributed by atoms with van der Waals surface area (Å²) in [5.41, 5.74) is 2.79. The van der Waals surface area contributed by atoms with E-state index in [9.17, 15) is 0 Å². The standard InChI is InChI=1S/C11H12O2/c1-12-11-7-9-5-3-2-4-8(9)6-10(11)13-11/h2-5,10H,6-7H2,1H3/t10-,11+/m0/s1. The van der Waals surface area contributed by atoms with Crippen molar-refractivity contribution in [2.75, 3.05) is 7.11 Å². The van der Waals surface area contributed by atoms with Crippen molar-refractivity contribution in [3.8, 4) is 0 Å². The second kappa shape index (κ2) is 2.34. The van der Waals surface area contributed by atoms with E-state index >= 15 is 0 Å². The Morgan fingerprint density at radius 1 is 1.38 bits per heavy atom. The Labute approximate surface area is 77.5 Å². The molecule has 68 valence electrons. The molecule has 2 nitrogen and oxygen atoms in total. The van der Waals surface area contributed by atoms with Crippen LogP contribution >= 0.6 is 0 Å². The van der Waals surface area contributed by atoms with E-state index in [0.717, 1.165) is 12.8 Å². The van der Waals surface area contributed by atoms with Gasteiger partial charge in [0.15, 0.2) is 5.79 Å². The first-order valence-corrected chi connectivity index (χ1v) is 4.64. The molecule has 1 saturated heterocycles. The van der Waals surface area contributed by atoms with Crippen LogP contribution in [0.4, 0.5) is 0 Å². The van der Waals surface area contributed by atoms with Gasteiger partial charge in [-0.05, 0) is 11.1 Å². The summed E-state index contributed by atoms with van der Waals surface area (Å²) in [5, 5.41) is 0. The molecule has 0 spiro atoms. The van der Waals surface area contributed by atoms with Crippen LogP contribution in [0, 0.1) is 0 Å². The SMILES string of the molecule is CO[C@@]12Cc3ccccc3C[C@@H]1O2. The molecule has 3 rings (SSSR count). The lowest BCUT2D eigenvalue weighted by Gasteiger charge is -2.18. The molecular weight excluding hydrogens is 164 g/mol. The van der Waals surface area contributed by atoms with Crippen molar-refractivity contribution in [3.63, 3.8) is 0 Å². The van der Waals surface area contributed by atoms with Crippen molar-refractivity contribution in [1.29, 1.82) is 0 Å². The van der Waals surface area contributed by atoms with E-state index in [0.29, 0.717) is 6.10 Å². The Balaban J connectivity index is 1.99. The van der Waals surface area contributed by atoms with Gasteiger partial charge in [-0.3, -0.25) is 0 Å². The van der Waals surface area contributed by atoms with Crippen LogP contribution in [0.5, 0.6) is 0 Å². The van der Waals surface area contributed by atoms with Crippen molar-refractivity contribution < 1.29 is 9.47 Å². The normalized spacial score (nSPS) is 35.0. The quantitative estimate of drug-likeness (QED) is 0.605. The highest BCUT2D eigenvalue weighted by Crippen LogP contribution is 2.46. The summed E-state index contributed by atoms with van der Waals surface area (Å²) in [5.74, 6) is -0.269. The molecule has 1 aromatic rings. The van der Waals surface area contributed by atoms with Crippen LogP contribution in [0.15, 0.2) is 24.3 Å². The Bertz CT molecular complexity index is 348. The average Bonchev–Trinajstić information content (AvgIpc) is 2.88. The maximum atomic E-state index is 5.57. The Morgan fingerprint density at radius 2 is 2.15 bits per heavy atom. The molecule has 2 atom stereocenters. The molecule has 0 unspecified atom stereocenters. The minimum absolute atomic E-state index is 0.269. The van der Waals surface area contributed by atoms with E-state index in [1.807, 2.05) is 0 Å². The number of methoxy groups -OCH3 is 1. The van der Waals surface area contributed by atoms with Crippen LogP contribution in [-0.4, -0.2) is 19.0 Å². The smallest absolute Gasteiger partial charge is 0.199 e. The summed E-state index contributed by atoms with van der Waals surface area (Å²) in [6, 6.07) is 8.50. The largest absolute Gasteiger partial charge is 0.351 e. The van der Waals surface area contributed by atoms with E-state index < -0.39 is 0 Å². The summed E-state index contributed by atoms with van der Waals surface area (Å²) < 4.78 is 11.0. The van der Waals surface area contributed by atoms with Crippen LogP contribution in [0.2, 0.25) is 0 Å². The van der Waals surface area contributed by atoms with Crippen molar-refractivity contribution in [2.45, 2.75) is 24.7 Å². The fourth-order valence-corrected chi connectivity index (χ4v) is 2.21. The molecule has 1 heterocycles. The van der Waals surface area contributed by atoms with Gasteiger partial charge in [0, 0.05) is 20.0 Å². The maximum absolute atomic E-state index is 5.57. The number of ether oxygens (including phenoxy) is 2. The molecule has 1 aromatic carbocycles. The van der Waals surface area contributed by atoms with E-state index in [1.165, 1.54) is 11.1 Å². The molecule has 0 amide bonds. The second-order valence-electron chi connectivity index (χ2n) is 3.77. The zero-order valence-corrected chi connectivity index (χ0v) is 7.62. The van der Waals surface area contributed by atoms with Gasteiger partial charge in [-0.2, -0.15) is 0 Å². The maximum Gasteiger partial charge on any atom is 0.199 e. The third-order valence-corrected chi connectivity index (χ3v) is 3.08. The van der Waals surface area contributed by atoms with E-state index in [2.05, 4.69) is 24.3 Å². The van der Waals surface area contributed by atoms with E-state index in [-0.39, 0.29) is 5.79 Å². The van der Waals surface area contributed by atoms with Crippen LogP contribution in [0.25, 0.3) is 0 Å². The van der Waals surface area contributed by atoms with Crippen LogP contribution < -0.4 is 0 Å². The zero-order valence-electron chi connectivity index (χ0n) is 7.62. The van der Waals surface area contributed by atoms with Crippen molar-refractivity contribution in [1.82, 2.24) is 0 Å². The Hall–Kier alpha value is -0.860. The molecule has 1 fully saturated rings. The van der Waals surface area contributed by atoms with Gasteiger partial charge in [-0.15, -0.1) is 0 Å². The molecule has 1 aliphatic carbocycles. The number of hydrogen-bond donors (Lipinski definition) is 0. The lowest BCUT2D eigenvalue weighted by molar-refractivity contribution is -0.0101. The van der Waals surface area contributed by atoms with Gasteiger partial charge in [0.05, 0.1) is 0 Å². The number of fused-ring (bicyclic) bond motifs is 2. The van der Waals surface area contributed by atoms with Gasteiger partial charge in [0.1, 0.15) is 6.10 Å². The number of epoxide rings is 1. The Morgan fingerprint density at radius 3 is 2.92 bits per heavy atom. The molecule has 0 aromatic heterocycles. The molecular formula is C11H12O2. The fraction of sp³-hybridized carbons (Fsp3) is 0.455. The molecule has 2 aliphatic rings. The van der Waals surface area contributed by atoms with Crippen molar-refractivity contribution in [2.24, 2.45) is 0 Å². The van der Waals surface area contributed by atoms with Crippen LogP contribution in [0.3, 0.4) is 0 Å². The first-order valence-electron chi connectivity index (χ1n) is 4.64. The number of rotatable bonds is 1. The lowest BCUT2D eigenvalue weighted by Crippen LogP contribution is -2.27. The minimum Gasteiger partial charge on any atom is -0.351 e. The fourth-order valence-electron chi connectivity index (χ4n) is 2.21. The van der Waals surface area contributed by atoms with E-state index in [1.54, 1.807) is 7.11 Å². The summed E-state index contributed by atoms with van der Waals surface area (Å²) in [7, 11) is 1.73. The highest BCUT2D eigenvalue weighted by Gasteiger charge is 2.59. The van der Waals surface area contributed by atoms with Crippen LogP contribution in [0.1, 0.15) is 11.1 Å². The highest BCUT2D eigenvalue weighted by atomic mass is 16.8.